The molecule has 3 aromatic rings. The first-order valence-corrected chi connectivity index (χ1v) is 9.69. The predicted molar refractivity (Wildman–Crippen MR) is 96.0 cm³/mol. The molecule has 0 spiro atoms. The quantitative estimate of drug-likeness (QED) is 0.640. The molecule has 1 heterocycles. The highest BCUT2D eigenvalue weighted by Gasteiger charge is 2.16. The molecule has 0 aliphatic rings. The summed E-state index contributed by atoms with van der Waals surface area (Å²) >= 11 is 6.73. The van der Waals surface area contributed by atoms with Crippen LogP contribution in [-0.2, 0) is 21.4 Å². The number of carbonyl (C=O) groups is 1. The van der Waals surface area contributed by atoms with Crippen molar-refractivity contribution in [3.05, 3.63) is 63.2 Å². The third-order valence-electron chi connectivity index (χ3n) is 3.32. The van der Waals surface area contributed by atoms with Gasteiger partial charge < -0.3 is 0 Å². The molecular formula is C15H12ClN3O4S2. The molecule has 0 fully saturated rings. The van der Waals surface area contributed by atoms with Gasteiger partial charge in [0.1, 0.15) is 6.54 Å². The van der Waals surface area contributed by atoms with E-state index in [1.54, 1.807) is 24.3 Å². The predicted octanol–water partition coefficient (Wildman–Crippen LogP) is 1.73. The maximum atomic E-state index is 12.1. The van der Waals surface area contributed by atoms with Crippen molar-refractivity contribution in [3.8, 4) is 0 Å². The van der Waals surface area contributed by atoms with E-state index in [-0.39, 0.29) is 16.3 Å². The molecule has 25 heavy (non-hydrogen) atoms. The van der Waals surface area contributed by atoms with Gasteiger partial charge in [-0.1, -0.05) is 35.1 Å². The largest absolute Gasteiger partial charge is 0.308 e. The molecule has 1 aromatic heterocycles. The first kappa shape index (κ1) is 17.6. The fraction of sp³-hybridized carbons (Fsp3) is 0.0667. The molecule has 0 saturated heterocycles. The van der Waals surface area contributed by atoms with E-state index in [0.717, 1.165) is 16.0 Å². The Balaban J connectivity index is 1.71. The Morgan fingerprint density at radius 2 is 1.80 bits per heavy atom. The molecule has 0 atom stereocenters. The van der Waals surface area contributed by atoms with Gasteiger partial charge in [0.2, 0.25) is 0 Å². The van der Waals surface area contributed by atoms with E-state index >= 15 is 0 Å². The molecule has 0 aliphatic carbocycles. The smallest absolute Gasteiger partial charge is 0.289 e. The van der Waals surface area contributed by atoms with Crippen molar-refractivity contribution >= 4 is 49.1 Å². The second kappa shape index (κ2) is 6.96. The number of nitrogens with zero attached hydrogens (tertiary/aromatic N) is 1. The number of carbonyl (C=O) groups excluding carboxylic acids is 1. The lowest BCUT2D eigenvalue weighted by atomic mass is 10.3. The summed E-state index contributed by atoms with van der Waals surface area (Å²) < 4.78 is 26.2. The van der Waals surface area contributed by atoms with Crippen LogP contribution >= 0.6 is 22.9 Å². The molecule has 3 rings (SSSR count). The Labute approximate surface area is 151 Å². The second-order valence-corrected chi connectivity index (χ2v) is 8.14. The first-order valence-electron chi connectivity index (χ1n) is 7.01. The monoisotopic (exact) mass is 397 g/mol. The third-order valence-corrected chi connectivity index (χ3v) is 5.80. The Bertz CT molecular complexity index is 1090. The molecular weight excluding hydrogens is 386 g/mol. The molecule has 130 valence electrons. The van der Waals surface area contributed by atoms with Crippen LogP contribution in [0.5, 0.6) is 0 Å². The van der Waals surface area contributed by atoms with E-state index in [2.05, 4.69) is 5.43 Å². The van der Waals surface area contributed by atoms with Crippen molar-refractivity contribution in [1.82, 2.24) is 14.8 Å². The van der Waals surface area contributed by atoms with Gasteiger partial charge in [0, 0.05) is 5.02 Å². The van der Waals surface area contributed by atoms with Gasteiger partial charge in [-0.25, -0.2) is 8.42 Å². The number of fused-ring (bicyclic) bond motifs is 1. The highest BCUT2D eigenvalue weighted by molar-refractivity contribution is 7.89. The molecule has 0 bridgehead atoms. The summed E-state index contributed by atoms with van der Waals surface area (Å²) in [4.78, 5) is 25.7. The van der Waals surface area contributed by atoms with E-state index < -0.39 is 15.9 Å². The average molecular weight is 398 g/mol. The average Bonchev–Trinajstić information content (AvgIpc) is 2.89. The Kier molecular flexibility index (Phi) is 4.91. The molecule has 0 radical (unpaired) electrons. The number of para-hydroxylation sites is 1. The van der Waals surface area contributed by atoms with Crippen LogP contribution in [0.15, 0.2) is 58.2 Å². The van der Waals surface area contributed by atoms with Crippen molar-refractivity contribution in [1.29, 1.82) is 0 Å². The zero-order valence-corrected chi connectivity index (χ0v) is 15.0. The van der Waals surface area contributed by atoms with Crippen LogP contribution in [0.2, 0.25) is 5.02 Å². The summed E-state index contributed by atoms with van der Waals surface area (Å²) in [5.41, 5.74) is 2.72. The topological polar surface area (TPSA) is 97.3 Å². The summed E-state index contributed by atoms with van der Waals surface area (Å²) in [5, 5.41) is 0.395. The number of nitrogens with one attached hydrogen (secondary N) is 2. The van der Waals surface area contributed by atoms with Crippen molar-refractivity contribution < 1.29 is 13.2 Å². The molecule has 0 unspecified atom stereocenters. The highest BCUT2D eigenvalue weighted by Crippen LogP contribution is 2.16. The Morgan fingerprint density at radius 1 is 1.12 bits per heavy atom. The molecule has 2 N–H and O–H groups in total. The number of rotatable bonds is 5. The Morgan fingerprint density at radius 3 is 2.52 bits per heavy atom. The third kappa shape index (κ3) is 3.90. The highest BCUT2D eigenvalue weighted by atomic mass is 35.5. The van der Waals surface area contributed by atoms with Crippen LogP contribution in [0, 0.1) is 0 Å². The minimum Gasteiger partial charge on any atom is -0.289 e. The first-order chi connectivity index (χ1) is 11.9. The minimum absolute atomic E-state index is 0.0460. The lowest BCUT2D eigenvalue weighted by Gasteiger charge is -2.09. The van der Waals surface area contributed by atoms with Crippen LogP contribution in [0.1, 0.15) is 0 Å². The maximum Gasteiger partial charge on any atom is 0.308 e. The number of aromatic nitrogens is 1. The van der Waals surface area contributed by atoms with Gasteiger partial charge >= 0.3 is 4.87 Å². The Hall–Kier alpha value is -2.20. The van der Waals surface area contributed by atoms with Crippen LogP contribution in [0.25, 0.3) is 10.2 Å². The van der Waals surface area contributed by atoms with Crippen LogP contribution < -0.4 is 15.1 Å². The number of sulfonamides is 1. The fourth-order valence-corrected chi connectivity index (χ4v) is 4.02. The van der Waals surface area contributed by atoms with Gasteiger partial charge in [0.25, 0.3) is 15.9 Å². The normalized spacial score (nSPS) is 11.6. The van der Waals surface area contributed by atoms with Crippen LogP contribution in [-0.4, -0.2) is 18.9 Å². The van der Waals surface area contributed by atoms with E-state index in [4.69, 9.17) is 11.6 Å². The van der Waals surface area contributed by atoms with E-state index in [1.807, 2.05) is 4.83 Å². The van der Waals surface area contributed by atoms with Crippen molar-refractivity contribution in [2.45, 2.75) is 11.4 Å². The molecule has 0 aliphatic heterocycles. The van der Waals surface area contributed by atoms with Gasteiger partial charge in [0.05, 0.1) is 15.1 Å². The summed E-state index contributed by atoms with van der Waals surface area (Å²) in [6, 6.07) is 12.5. The lowest BCUT2D eigenvalue weighted by molar-refractivity contribution is -0.122. The number of benzene rings is 2. The standard InChI is InChI=1S/C15H12ClN3O4S2/c16-10-5-7-11(8-6-10)25(22,23)18-17-14(20)9-19-12-3-1-2-4-13(12)24-15(19)21/h1-8,18H,9H2,(H,17,20). The van der Waals surface area contributed by atoms with Gasteiger partial charge in [-0.05, 0) is 36.4 Å². The zero-order chi connectivity index (χ0) is 18.0. The zero-order valence-electron chi connectivity index (χ0n) is 12.6. The fourth-order valence-electron chi connectivity index (χ4n) is 2.14. The minimum atomic E-state index is -3.93. The molecule has 2 aromatic carbocycles. The van der Waals surface area contributed by atoms with Crippen molar-refractivity contribution in [3.63, 3.8) is 0 Å². The summed E-state index contributed by atoms with van der Waals surface area (Å²) in [6.45, 7) is -0.300. The SMILES string of the molecule is O=C(Cn1c(=O)sc2ccccc21)NNS(=O)(=O)c1ccc(Cl)cc1. The van der Waals surface area contributed by atoms with Crippen molar-refractivity contribution in [2.24, 2.45) is 0 Å². The van der Waals surface area contributed by atoms with E-state index in [0.29, 0.717) is 10.5 Å². The van der Waals surface area contributed by atoms with Gasteiger partial charge in [-0.3, -0.25) is 19.6 Å². The number of amides is 1. The molecule has 0 saturated carbocycles. The lowest BCUT2D eigenvalue weighted by Crippen LogP contribution is -2.43. The van der Waals surface area contributed by atoms with Gasteiger partial charge in [0.15, 0.2) is 0 Å². The van der Waals surface area contributed by atoms with Crippen LogP contribution in [0.4, 0.5) is 0 Å². The summed E-state index contributed by atoms with van der Waals surface area (Å²) in [5.74, 6) is -0.664. The van der Waals surface area contributed by atoms with Gasteiger partial charge in [-0.15, -0.1) is 4.83 Å². The second-order valence-electron chi connectivity index (χ2n) is 5.03. The summed E-state index contributed by atoms with van der Waals surface area (Å²) in [7, 11) is -3.93. The number of thiazole rings is 1. The molecule has 7 nitrogen and oxygen atoms in total. The van der Waals surface area contributed by atoms with Crippen molar-refractivity contribution in [2.75, 3.05) is 0 Å². The number of halogens is 1. The van der Waals surface area contributed by atoms with E-state index in [1.165, 1.54) is 28.8 Å². The van der Waals surface area contributed by atoms with Gasteiger partial charge in [-0.2, -0.15) is 0 Å². The molecule has 1 amide bonds. The summed E-state index contributed by atoms with van der Waals surface area (Å²) in [6.07, 6.45) is 0. The molecule has 10 heteroatoms. The number of hydrazine groups is 1. The van der Waals surface area contributed by atoms with E-state index in [9.17, 15) is 18.0 Å². The number of hydrogen-bond acceptors (Lipinski definition) is 5. The van der Waals surface area contributed by atoms with Crippen LogP contribution in [0.3, 0.4) is 0 Å². The number of hydrogen-bond donors (Lipinski definition) is 2. The maximum absolute atomic E-state index is 12.1.